The number of hydrogen-bond acceptors (Lipinski definition) is 5. The maximum Gasteiger partial charge on any atom is 0.160 e. The number of halogens is 1. The van der Waals surface area contributed by atoms with Crippen molar-refractivity contribution in [3.8, 4) is 5.75 Å². The quantitative estimate of drug-likeness (QED) is 0.722. The molecular formula is C20H23FN4O2. The van der Waals surface area contributed by atoms with Crippen molar-refractivity contribution in [3.05, 3.63) is 60.3 Å². The second kappa shape index (κ2) is 8.02. The molecule has 142 valence electrons. The number of aromatic nitrogens is 3. The molecule has 1 N–H and O–H groups in total. The summed E-state index contributed by atoms with van der Waals surface area (Å²) < 4.78 is 20.5. The van der Waals surface area contributed by atoms with Crippen molar-refractivity contribution in [2.75, 3.05) is 26.2 Å². The van der Waals surface area contributed by atoms with E-state index < -0.39 is 6.10 Å². The van der Waals surface area contributed by atoms with Crippen molar-refractivity contribution in [3.63, 3.8) is 0 Å². The zero-order valence-corrected chi connectivity index (χ0v) is 15.0. The molecule has 2 atom stereocenters. The molecule has 1 fully saturated rings. The molecule has 0 bridgehead atoms. The number of benzene rings is 1. The number of ether oxygens (including phenoxy) is 1. The average molecular weight is 370 g/mol. The molecule has 1 aromatic carbocycles. The van der Waals surface area contributed by atoms with Gasteiger partial charge in [0.05, 0.1) is 0 Å². The van der Waals surface area contributed by atoms with Gasteiger partial charge in [0.25, 0.3) is 0 Å². The molecule has 6 nitrogen and oxygen atoms in total. The Morgan fingerprint density at radius 2 is 2.04 bits per heavy atom. The lowest BCUT2D eigenvalue weighted by molar-refractivity contribution is 0.0577. The number of fused-ring (bicyclic) bond motifs is 1. The Hall–Kier alpha value is -2.51. The number of hydrogen-bond donors (Lipinski definition) is 1. The predicted octanol–water partition coefficient (Wildman–Crippen LogP) is 2.49. The van der Waals surface area contributed by atoms with Gasteiger partial charge in [0.2, 0.25) is 0 Å². The summed E-state index contributed by atoms with van der Waals surface area (Å²) in [5.41, 5.74) is 0.859. The summed E-state index contributed by atoms with van der Waals surface area (Å²) in [4.78, 5) is 2.25. The van der Waals surface area contributed by atoms with Crippen molar-refractivity contribution in [2.45, 2.75) is 24.9 Å². The van der Waals surface area contributed by atoms with Crippen LogP contribution >= 0.6 is 0 Å². The van der Waals surface area contributed by atoms with Gasteiger partial charge in [-0.1, -0.05) is 6.07 Å². The lowest BCUT2D eigenvalue weighted by Gasteiger charge is -2.33. The Labute approximate surface area is 157 Å². The van der Waals surface area contributed by atoms with Crippen LogP contribution in [0.3, 0.4) is 0 Å². The van der Waals surface area contributed by atoms with Gasteiger partial charge in [0.15, 0.2) is 5.65 Å². The molecule has 1 aliphatic rings. The van der Waals surface area contributed by atoms with E-state index in [4.69, 9.17) is 4.74 Å². The highest BCUT2D eigenvalue weighted by atomic mass is 19.1. The highest BCUT2D eigenvalue weighted by Gasteiger charge is 2.26. The molecule has 0 saturated carbocycles. The van der Waals surface area contributed by atoms with E-state index in [1.54, 1.807) is 12.1 Å². The summed E-state index contributed by atoms with van der Waals surface area (Å²) >= 11 is 0. The summed E-state index contributed by atoms with van der Waals surface area (Å²) in [5.74, 6) is 1.53. The van der Waals surface area contributed by atoms with Crippen LogP contribution in [-0.2, 0) is 0 Å². The Bertz CT molecular complexity index is 883. The number of piperidine rings is 1. The molecule has 0 aliphatic carbocycles. The predicted molar refractivity (Wildman–Crippen MR) is 99.3 cm³/mol. The first-order valence-corrected chi connectivity index (χ1v) is 9.27. The third-order valence-corrected chi connectivity index (χ3v) is 4.94. The average Bonchev–Trinajstić information content (AvgIpc) is 3.12. The molecule has 4 rings (SSSR count). The smallest absolute Gasteiger partial charge is 0.160 e. The van der Waals surface area contributed by atoms with Crippen LogP contribution in [0.5, 0.6) is 5.75 Å². The Kier molecular flexibility index (Phi) is 5.31. The first-order valence-electron chi connectivity index (χ1n) is 9.27. The summed E-state index contributed by atoms with van der Waals surface area (Å²) in [5, 5.41) is 19.0. The van der Waals surface area contributed by atoms with Crippen LogP contribution in [0.2, 0.25) is 0 Å². The van der Waals surface area contributed by atoms with E-state index in [9.17, 15) is 9.50 Å². The Balaban J connectivity index is 1.33. The fourth-order valence-corrected chi connectivity index (χ4v) is 3.64. The third kappa shape index (κ3) is 4.26. The number of likely N-dealkylation sites (tertiary alicyclic amines) is 1. The maximum atomic E-state index is 12.9. The monoisotopic (exact) mass is 370 g/mol. The molecule has 27 heavy (non-hydrogen) atoms. The van der Waals surface area contributed by atoms with E-state index in [-0.39, 0.29) is 12.4 Å². The van der Waals surface area contributed by atoms with E-state index in [0.717, 1.165) is 37.4 Å². The van der Waals surface area contributed by atoms with Gasteiger partial charge in [-0.2, -0.15) is 0 Å². The zero-order chi connectivity index (χ0) is 18.6. The van der Waals surface area contributed by atoms with E-state index in [1.165, 1.54) is 12.1 Å². The van der Waals surface area contributed by atoms with Gasteiger partial charge < -0.3 is 9.84 Å². The highest BCUT2D eigenvalue weighted by Crippen LogP contribution is 2.26. The number of rotatable bonds is 6. The van der Waals surface area contributed by atoms with Gasteiger partial charge in [-0.15, -0.1) is 10.2 Å². The number of β-amino-alcohol motifs (C(OH)–C–C–N with tert-alkyl or cyclic N) is 1. The molecule has 3 heterocycles. The maximum absolute atomic E-state index is 12.9. The van der Waals surface area contributed by atoms with Crippen molar-refractivity contribution < 1.29 is 14.2 Å². The molecule has 0 unspecified atom stereocenters. The summed E-state index contributed by atoms with van der Waals surface area (Å²) in [6.45, 7) is 2.50. The van der Waals surface area contributed by atoms with E-state index >= 15 is 0 Å². The van der Waals surface area contributed by atoms with Crippen LogP contribution in [0.1, 0.15) is 24.6 Å². The second-order valence-electron chi connectivity index (χ2n) is 7.00. The van der Waals surface area contributed by atoms with E-state index in [1.807, 2.05) is 28.8 Å². The fourth-order valence-electron chi connectivity index (χ4n) is 3.64. The van der Waals surface area contributed by atoms with Gasteiger partial charge in [0, 0.05) is 25.2 Å². The Morgan fingerprint density at radius 1 is 1.19 bits per heavy atom. The van der Waals surface area contributed by atoms with Crippen LogP contribution in [0, 0.1) is 5.82 Å². The van der Waals surface area contributed by atoms with Crippen molar-refractivity contribution in [1.29, 1.82) is 0 Å². The number of pyridine rings is 1. The molecular weight excluding hydrogens is 347 g/mol. The number of nitrogens with zero attached hydrogens (tertiary/aromatic N) is 4. The molecule has 1 aliphatic heterocycles. The van der Waals surface area contributed by atoms with Crippen LogP contribution in [0.25, 0.3) is 5.65 Å². The van der Waals surface area contributed by atoms with Crippen LogP contribution in [-0.4, -0.2) is 56.9 Å². The van der Waals surface area contributed by atoms with Gasteiger partial charge in [-0.25, -0.2) is 4.39 Å². The number of aliphatic hydroxyl groups is 1. The van der Waals surface area contributed by atoms with Crippen LogP contribution in [0.4, 0.5) is 4.39 Å². The zero-order valence-electron chi connectivity index (χ0n) is 15.0. The lowest BCUT2D eigenvalue weighted by atomic mass is 9.97. The minimum Gasteiger partial charge on any atom is -0.491 e. The van der Waals surface area contributed by atoms with Gasteiger partial charge in [-0.05, 0) is 55.8 Å². The van der Waals surface area contributed by atoms with E-state index in [0.29, 0.717) is 18.2 Å². The van der Waals surface area contributed by atoms with Crippen molar-refractivity contribution in [2.24, 2.45) is 0 Å². The second-order valence-corrected chi connectivity index (χ2v) is 7.00. The topological polar surface area (TPSA) is 62.9 Å². The minimum atomic E-state index is -0.607. The third-order valence-electron chi connectivity index (χ3n) is 4.94. The van der Waals surface area contributed by atoms with Gasteiger partial charge in [-0.3, -0.25) is 9.30 Å². The summed E-state index contributed by atoms with van der Waals surface area (Å²) in [7, 11) is 0. The minimum absolute atomic E-state index is 0.181. The highest BCUT2D eigenvalue weighted by molar-refractivity contribution is 5.37. The van der Waals surface area contributed by atoms with Gasteiger partial charge >= 0.3 is 0 Å². The van der Waals surface area contributed by atoms with Crippen LogP contribution < -0.4 is 4.74 Å². The van der Waals surface area contributed by atoms with Crippen molar-refractivity contribution in [1.82, 2.24) is 19.5 Å². The molecule has 2 aromatic heterocycles. The lowest BCUT2D eigenvalue weighted by Crippen LogP contribution is -2.41. The molecule has 3 aromatic rings. The van der Waals surface area contributed by atoms with Gasteiger partial charge in [0.1, 0.15) is 30.1 Å². The molecule has 1 saturated heterocycles. The normalized spacial score (nSPS) is 19.3. The standard InChI is InChI=1S/C20H23FN4O2/c21-16-6-8-18(9-7-16)27-14-17(26)13-24-10-3-4-15(12-24)20-23-22-19-5-1-2-11-25(19)20/h1-2,5-9,11,15,17,26H,3-4,10,12-14H2/t15-,17-/m1/s1. The Morgan fingerprint density at radius 3 is 2.89 bits per heavy atom. The van der Waals surface area contributed by atoms with Crippen LogP contribution in [0.15, 0.2) is 48.7 Å². The first kappa shape index (κ1) is 17.9. The molecule has 0 spiro atoms. The first-order chi connectivity index (χ1) is 13.2. The fraction of sp³-hybridized carbons (Fsp3) is 0.400. The molecule has 0 radical (unpaired) electrons. The number of aliphatic hydroxyl groups excluding tert-OH is 1. The summed E-state index contributed by atoms with van der Waals surface area (Å²) in [6, 6.07) is 11.7. The van der Waals surface area contributed by atoms with Crippen molar-refractivity contribution >= 4 is 5.65 Å². The molecule has 0 amide bonds. The molecule has 7 heteroatoms. The largest absolute Gasteiger partial charge is 0.491 e. The van der Waals surface area contributed by atoms with E-state index in [2.05, 4.69) is 15.1 Å². The SMILES string of the molecule is O[C@@H](COc1ccc(F)cc1)CN1CCC[C@@H](c2nnc3ccccn23)C1. The summed E-state index contributed by atoms with van der Waals surface area (Å²) in [6.07, 6.45) is 3.50.